The lowest BCUT2D eigenvalue weighted by molar-refractivity contribution is -0.137. The zero-order chi connectivity index (χ0) is 21.0. The largest absolute Gasteiger partial charge is 0.416 e. The molecule has 2 nitrogen and oxygen atoms in total. The summed E-state index contributed by atoms with van der Waals surface area (Å²) in [6.07, 6.45) is 1.77. The van der Waals surface area contributed by atoms with Crippen molar-refractivity contribution in [2.75, 3.05) is 19.1 Å². The number of aromatic amines is 1. The van der Waals surface area contributed by atoms with Gasteiger partial charge in [-0.3, -0.25) is 0 Å². The minimum absolute atomic E-state index is 0.175. The fourth-order valence-corrected chi connectivity index (χ4v) is 4.32. The van der Waals surface area contributed by atoms with Gasteiger partial charge in [-0.05, 0) is 60.1 Å². The summed E-state index contributed by atoms with van der Waals surface area (Å²) in [5.41, 5.74) is 2.35. The summed E-state index contributed by atoms with van der Waals surface area (Å²) in [5.74, 6) is 0.0896. The highest BCUT2D eigenvalue weighted by Gasteiger charge is 2.30. The standard InChI is InChI=1S/C21H21F4NOS2/c1-28-12-18-19(22)8-7-16-17(11-26-20(16)18)15(9-10-27-29-2)13-3-5-14(6-4-13)21(23,24)25/h3-8,11,15,26H,9-10,12H2,1-2H3. The van der Waals surface area contributed by atoms with Crippen molar-refractivity contribution in [3.05, 3.63) is 70.7 Å². The van der Waals surface area contributed by atoms with E-state index in [1.807, 2.05) is 18.7 Å². The quantitative estimate of drug-likeness (QED) is 0.230. The van der Waals surface area contributed by atoms with Gasteiger partial charge in [0.25, 0.3) is 0 Å². The van der Waals surface area contributed by atoms with Crippen LogP contribution in [0.2, 0.25) is 0 Å². The van der Waals surface area contributed by atoms with Crippen molar-refractivity contribution in [2.24, 2.45) is 0 Å². The molecule has 156 valence electrons. The average Bonchev–Trinajstić information content (AvgIpc) is 3.11. The molecule has 0 saturated heterocycles. The van der Waals surface area contributed by atoms with E-state index >= 15 is 0 Å². The van der Waals surface area contributed by atoms with Crippen molar-refractivity contribution in [2.45, 2.75) is 24.3 Å². The Bertz CT molecular complexity index is 954. The van der Waals surface area contributed by atoms with Gasteiger partial charge in [0.15, 0.2) is 0 Å². The predicted octanol–water partition coefficient (Wildman–Crippen LogP) is 7.01. The molecule has 1 N–H and O–H groups in total. The summed E-state index contributed by atoms with van der Waals surface area (Å²) in [6.45, 7) is 0.443. The molecule has 0 radical (unpaired) electrons. The minimum Gasteiger partial charge on any atom is -0.361 e. The van der Waals surface area contributed by atoms with Gasteiger partial charge in [0.05, 0.1) is 17.7 Å². The molecule has 0 spiro atoms. The second-order valence-corrected chi connectivity index (χ2v) is 8.01. The summed E-state index contributed by atoms with van der Waals surface area (Å²) < 4.78 is 58.5. The number of benzene rings is 2. The molecule has 0 fully saturated rings. The first-order chi connectivity index (χ1) is 13.9. The van der Waals surface area contributed by atoms with Gasteiger partial charge in [-0.2, -0.15) is 24.9 Å². The molecule has 0 saturated carbocycles. The number of alkyl halides is 3. The number of nitrogens with one attached hydrogen (secondary N) is 1. The van der Waals surface area contributed by atoms with E-state index in [1.165, 1.54) is 42.0 Å². The first kappa shape index (κ1) is 22.1. The van der Waals surface area contributed by atoms with E-state index in [4.69, 9.17) is 4.18 Å². The van der Waals surface area contributed by atoms with E-state index < -0.39 is 11.7 Å². The van der Waals surface area contributed by atoms with Crippen LogP contribution in [0, 0.1) is 5.82 Å². The molecule has 29 heavy (non-hydrogen) atoms. The molecule has 0 amide bonds. The molecule has 3 rings (SSSR count). The summed E-state index contributed by atoms with van der Waals surface area (Å²) in [5, 5.41) is 0.879. The van der Waals surface area contributed by atoms with E-state index in [0.717, 1.165) is 34.2 Å². The first-order valence-electron chi connectivity index (χ1n) is 8.96. The highest BCUT2D eigenvalue weighted by Crippen LogP contribution is 2.37. The fraction of sp³-hybridized carbons (Fsp3) is 0.333. The van der Waals surface area contributed by atoms with Gasteiger partial charge in [0.1, 0.15) is 5.82 Å². The normalized spacial score (nSPS) is 13.2. The summed E-state index contributed by atoms with van der Waals surface area (Å²) in [6, 6.07) is 8.41. The second kappa shape index (κ2) is 9.45. The number of hydrogen-bond donors (Lipinski definition) is 1. The van der Waals surface area contributed by atoms with E-state index in [0.29, 0.717) is 24.3 Å². The van der Waals surface area contributed by atoms with Crippen LogP contribution in [0.5, 0.6) is 0 Å². The zero-order valence-corrected chi connectivity index (χ0v) is 17.6. The first-order valence-corrected chi connectivity index (χ1v) is 11.5. The number of H-pyrrole nitrogens is 1. The summed E-state index contributed by atoms with van der Waals surface area (Å²) >= 11 is 2.78. The third-order valence-corrected chi connectivity index (χ3v) is 5.83. The highest BCUT2D eigenvalue weighted by molar-refractivity contribution is 7.97. The molecule has 0 aliphatic heterocycles. The van der Waals surface area contributed by atoms with Crippen molar-refractivity contribution in [1.82, 2.24) is 4.98 Å². The Kier molecular flexibility index (Phi) is 7.19. The lowest BCUT2D eigenvalue weighted by Gasteiger charge is -2.18. The molecule has 0 aliphatic carbocycles. The third-order valence-electron chi connectivity index (χ3n) is 4.85. The van der Waals surface area contributed by atoms with Crippen LogP contribution >= 0.6 is 23.8 Å². The minimum atomic E-state index is -4.37. The van der Waals surface area contributed by atoms with Gasteiger partial charge >= 0.3 is 6.18 Å². The number of fused-ring (bicyclic) bond motifs is 1. The molecule has 1 heterocycles. The smallest absolute Gasteiger partial charge is 0.361 e. The number of aromatic nitrogens is 1. The molecular formula is C21H21F4NOS2. The number of hydrogen-bond acceptors (Lipinski definition) is 3. The Morgan fingerprint density at radius 3 is 2.41 bits per heavy atom. The van der Waals surface area contributed by atoms with Crippen molar-refractivity contribution in [3.8, 4) is 0 Å². The molecule has 3 aromatic rings. The van der Waals surface area contributed by atoms with E-state index in [9.17, 15) is 17.6 Å². The van der Waals surface area contributed by atoms with Crippen molar-refractivity contribution in [1.29, 1.82) is 0 Å². The van der Waals surface area contributed by atoms with Crippen molar-refractivity contribution >= 4 is 34.7 Å². The topological polar surface area (TPSA) is 25.0 Å². The molecular weight excluding hydrogens is 422 g/mol. The Hall–Kier alpha value is -1.64. The Labute approximate surface area is 175 Å². The molecule has 1 unspecified atom stereocenters. The van der Waals surface area contributed by atoms with Gasteiger partial charge in [-0.25, -0.2) is 4.39 Å². The maximum atomic E-state index is 14.3. The van der Waals surface area contributed by atoms with E-state index in [-0.39, 0.29) is 11.7 Å². The molecule has 8 heteroatoms. The SMILES string of the molecule is CSCc1c(F)ccc2c(C(CCOSC)c3ccc(C(F)(F)F)cc3)c[nH]c12. The molecule has 1 atom stereocenters. The number of rotatable bonds is 8. The Morgan fingerprint density at radius 2 is 1.79 bits per heavy atom. The molecule has 0 bridgehead atoms. The van der Waals surface area contributed by atoms with Gasteiger partial charge < -0.3 is 9.17 Å². The van der Waals surface area contributed by atoms with Crippen molar-refractivity contribution in [3.63, 3.8) is 0 Å². The van der Waals surface area contributed by atoms with E-state index in [1.54, 1.807) is 6.07 Å². The van der Waals surface area contributed by atoms with Crippen LogP contribution in [0.1, 0.15) is 34.6 Å². The van der Waals surface area contributed by atoms with Gasteiger partial charge in [0, 0.05) is 35.1 Å². The predicted molar refractivity (Wildman–Crippen MR) is 113 cm³/mol. The van der Waals surface area contributed by atoms with Crippen LogP contribution in [0.25, 0.3) is 10.9 Å². The molecule has 0 aliphatic rings. The fourth-order valence-electron chi connectivity index (χ4n) is 3.48. The van der Waals surface area contributed by atoms with Crippen LogP contribution in [0.3, 0.4) is 0 Å². The number of halogens is 4. The zero-order valence-electron chi connectivity index (χ0n) is 16.0. The average molecular weight is 444 g/mol. The number of thioether (sulfide) groups is 1. The van der Waals surface area contributed by atoms with E-state index in [2.05, 4.69) is 4.98 Å². The maximum absolute atomic E-state index is 14.3. The summed E-state index contributed by atoms with van der Waals surface area (Å²) in [7, 11) is 0. The van der Waals surface area contributed by atoms with Crippen LogP contribution in [-0.2, 0) is 16.1 Å². The maximum Gasteiger partial charge on any atom is 0.416 e. The second-order valence-electron chi connectivity index (χ2n) is 6.58. The van der Waals surface area contributed by atoms with Crippen LogP contribution in [-0.4, -0.2) is 24.1 Å². The van der Waals surface area contributed by atoms with Crippen molar-refractivity contribution < 1.29 is 21.7 Å². The lowest BCUT2D eigenvalue weighted by Crippen LogP contribution is -2.07. The van der Waals surface area contributed by atoms with Gasteiger partial charge in [0.2, 0.25) is 0 Å². The molecule has 1 aromatic heterocycles. The Balaban J connectivity index is 2.04. The van der Waals surface area contributed by atoms with Crippen LogP contribution < -0.4 is 0 Å². The van der Waals surface area contributed by atoms with Crippen LogP contribution in [0.4, 0.5) is 17.6 Å². The van der Waals surface area contributed by atoms with Gasteiger partial charge in [-0.15, -0.1) is 0 Å². The van der Waals surface area contributed by atoms with Crippen LogP contribution in [0.15, 0.2) is 42.6 Å². The molecule has 2 aromatic carbocycles. The van der Waals surface area contributed by atoms with Gasteiger partial charge in [-0.1, -0.05) is 12.1 Å². The third kappa shape index (κ3) is 4.92. The lowest BCUT2D eigenvalue weighted by atomic mass is 9.88. The Morgan fingerprint density at radius 1 is 1.07 bits per heavy atom. The summed E-state index contributed by atoms with van der Waals surface area (Å²) in [4.78, 5) is 3.18. The highest BCUT2D eigenvalue weighted by atomic mass is 32.2. The monoisotopic (exact) mass is 443 g/mol.